The quantitative estimate of drug-likeness (QED) is 0.218. The van der Waals surface area contributed by atoms with Gasteiger partial charge in [-0.2, -0.15) is 0 Å². The molecule has 1 aromatic rings. The summed E-state index contributed by atoms with van der Waals surface area (Å²) in [7, 11) is 0. The van der Waals surface area contributed by atoms with E-state index in [1.54, 1.807) is 13.0 Å². The van der Waals surface area contributed by atoms with Crippen LogP contribution >= 0.6 is 0 Å². The molecule has 0 bridgehead atoms. The van der Waals surface area contributed by atoms with Gasteiger partial charge in [0.25, 0.3) is 0 Å². The Kier molecular flexibility index (Phi) is 14.7. The lowest BCUT2D eigenvalue weighted by molar-refractivity contribution is -0.148. The van der Waals surface area contributed by atoms with Crippen LogP contribution in [-0.4, -0.2) is 49.4 Å². The van der Waals surface area contributed by atoms with Gasteiger partial charge in [-0.05, 0) is 48.3 Å². The van der Waals surface area contributed by atoms with Gasteiger partial charge in [0.05, 0.1) is 6.61 Å². The van der Waals surface area contributed by atoms with Crippen molar-refractivity contribution in [1.29, 1.82) is 0 Å². The first-order valence-electron chi connectivity index (χ1n) is 13.9. The Bertz CT molecular complexity index is 986. The maximum atomic E-state index is 12.5. The molecular formula is C30H47NO9. The molecule has 0 amide bonds. The fraction of sp³-hybridized carbons (Fsp3) is 0.667. The molecule has 0 aliphatic carbocycles. The van der Waals surface area contributed by atoms with Crippen LogP contribution in [0.2, 0.25) is 0 Å². The second kappa shape index (κ2) is 16.8. The molecule has 0 saturated heterocycles. The lowest BCUT2D eigenvalue weighted by Gasteiger charge is -2.19. The van der Waals surface area contributed by atoms with Crippen molar-refractivity contribution in [3.8, 4) is 11.5 Å². The van der Waals surface area contributed by atoms with Crippen molar-refractivity contribution in [2.75, 3.05) is 13.2 Å². The van der Waals surface area contributed by atoms with Crippen LogP contribution < -0.4 is 15.2 Å². The summed E-state index contributed by atoms with van der Waals surface area (Å²) in [5, 5.41) is 0. The normalized spacial score (nSPS) is 14.3. The number of ether oxygens (including phenoxy) is 5. The second-order valence-electron chi connectivity index (χ2n) is 11.6. The molecule has 1 aromatic carbocycles. The fourth-order valence-corrected chi connectivity index (χ4v) is 3.18. The van der Waals surface area contributed by atoms with Gasteiger partial charge >= 0.3 is 24.1 Å². The Morgan fingerprint density at radius 2 is 1.40 bits per heavy atom. The molecule has 0 radical (unpaired) electrons. The largest absolute Gasteiger partial charge is 0.508 e. The smallest absolute Gasteiger partial charge is 0.461 e. The van der Waals surface area contributed by atoms with Gasteiger partial charge in [-0.1, -0.05) is 67.4 Å². The van der Waals surface area contributed by atoms with Gasteiger partial charge in [0.15, 0.2) is 11.5 Å². The van der Waals surface area contributed by atoms with Gasteiger partial charge in [-0.25, -0.2) is 4.79 Å². The van der Waals surface area contributed by atoms with E-state index in [1.165, 1.54) is 12.1 Å². The van der Waals surface area contributed by atoms with E-state index in [9.17, 15) is 19.2 Å². The lowest BCUT2D eigenvalue weighted by Crippen LogP contribution is -2.36. The molecule has 0 aliphatic heterocycles. The molecule has 2 N–H and O–H groups in total. The van der Waals surface area contributed by atoms with Crippen LogP contribution in [0.3, 0.4) is 0 Å². The summed E-state index contributed by atoms with van der Waals surface area (Å²) in [6.45, 7) is 15.2. The van der Waals surface area contributed by atoms with E-state index in [-0.39, 0.29) is 61.2 Å². The van der Waals surface area contributed by atoms with Crippen LogP contribution in [0.5, 0.6) is 11.5 Å². The molecule has 0 heterocycles. The summed E-state index contributed by atoms with van der Waals surface area (Å²) in [6.07, 6.45) is 0.559. The lowest BCUT2D eigenvalue weighted by atomic mass is 9.99. The Hall–Kier alpha value is -3.14. The van der Waals surface area contributed by atoms with E-state index in [0.717, 1.165) is 12.8 Å². The fourth-order valence-electron chi connectivity index (χ4n) is 3.18. The molecule has 2 unspecified atom stereocenters. The Labute approximate surface area is 238 Å². The summed E-state index contributed by atoms with van der Waals surface area (Å²) in [5.74, 6) is -1.10. The molecule has 0 spiro atoms. The number of hydrogen-bond donors (Lipinski definition) is 1. The molecule has 0 fully saturated rings. The maximum Gasteiger partial charge on any atom is 0.508 e. The molecule has 1 rings (SSSR count). The molecule has 0 aromatic heterocycles. The van der Waals surface area contributed by atoms with Gasteiger partial charge in [0, 0.05) is 12.8 Å². The number of carbonyl (C=O) groups is 4. The predicted octanol–water partition coefficient (Wildman–Crippen LogP) is 5.37. The van der Waals surface area contributed by atoms with Crippen molar-refractivity contribution in [2.24, 2.45) is 23.0 Å². The van der Waals surface area contributed by atoms with Gasteiger partial charge in [-0.15, -0.1) is 0 Å². The number of esters is 3. The monoisotopic (exact) mass is 565 g/mol. The second-order valence-corrected chi connectivity index (χ2v) is 11.6. The van der Waals surface area contributed by atoms with Crippen molar-refractivity contribution >= 4 is 24.1 Å². The third-order valence-electron chi connectivity index (χ3n) is 6.02. The predicted molar refractivity (Wildman–Crippen MR) is 150 cm³/mol. The minimum atomic E-state index is -1.04. The van der Waals surface area contributed by atoms with Crippen LogP contribution in [-0.2, 0) is 35.0 Å². The standard InChI is InChI=1S/C30H47NO9/c1-9-19(3)13-26(32)39-24-12-11-22(16-25(24)40-27(33)14-20(4)10-2)15-23(31)28(34)36-17-21(5)38-29(35)37-18-30(6,7)8/h11-12,16,19-21,23H,9-10,13-15,17-18,31H2,1-8H3/t19?,20?,21-,23-/m0/s1. The summed E-state index contributed by atoms with van der Waals surface area (Å²) in [6, 6.07) is 3.65. The minimum Gasteiger partial charge on any atom is -0.461 e. The number of nitrogens with two attached hydrogens (primary N) is 1. The first-order valence-corrected chi connectivity index (χ1v) is 13.9. The van der Waals surface area contributed by atoms with E-state index >= 15 is 0 Å². The van der Waals surface area contributed by atoms with Crippen molar-refractivity contribution in [3.63, 3.8) is 0 Å². The molecule has 40 heavy (non-hydrogen) atoms. The summed E-state index contributed by atoms with van der Waals surface area (Å²) >= 11 is 0. The number of hydrogen-bond acceptors (Lipinski definition) is 10. The molecule has 4 atom stereocenters. The van der Waals surface area contributed by atoms with E-state index in [0.29, 0.717) is 5.56 Å². The molecule has 10 heteroatoms. The average molecular weight is 566 g/mol. The molecule has 10 nitrogen and oxygen atoms in total. The van der Waals surface area contributed by atoms with Crippen LogP contribution in [0.25, 0.3) is 0 Å². The average Bonchev–Trinajstić information content (AvgIpc) is 2.86. The van der Waals surface area contributed by atoms with Gasteiger partial charge in [-0.3, -0.25) is 14.4 Å². The molecule has 0 saturated carbocycles. The summed E-state index contributed by atoms with van der Waals surface area (Å²) in [5.41, 5.74) is 6.43. The van der Waals surface area contributed by atoms with E-state index in [2.05, 4.69) is 0 Å². The van der Waals surface area contributed by atoms with Gasteiger partial charge in [0.1, 0.15) is 18.8 Å². The SMILES string of the molecule is CCC(C)CC(=O)Oc1ccc(C[C@H](N)C(=O)OC[C@H](C)OC(=O)OCC(C)(C)C)cc1OC(=O)CC(C)CC. The summed E-state index contributed by atoms with van der Waals surface area (Å²) < 4.78 is 26.4. The van der Waals surface area contributed by atoms with E-state index in [1.807, 2.05) is 48.5 Å². The molecule has 226 valence electrons. The zero-order valence-corrected chi connectivity index (χ0v) is 25.2. The van der Waals surface area contributed by atoms with Crippen molar-refractivity contribution in [3.05, 3.63) is 23.8 Å². The highest BCUT2D eigenvalue weighted by molar-refractivity contribution is 5.77. The highest BCUT2D eigenvalue weighted by atomic mass is 16.7. The first kappa shape index (κ1) is 34.9. The van der Waals surface area contributed by atoms with Crippen LogP contribution in [0.4, 0.5) is 4.79 Å². The van der Waals surface area contributed by atoms with Crippen molar-refractivity contribution in [1.82, 2.24) is 0 Å². The highest BCUT2D eigenvalue weighted by Gasteiger charge is 2.22. The highest BCUT2D eigenvalue weighted by Crippen LogP contribution is 2.30. The van der Waals surface area contributed by atoms with Gasteiger partial charge < -0.3 is 29.4 Å². The van der Waals surface area contributed by atoms with Crippen LogP contribution in [0, 0.1) is 17.3 Å². The Balaban J connectivity index is 2.83. The topological polar surface area (TPSA) is 140 Å². The first-order chi connectivity index (χ1) is 18.6. The molecular weight excluding hydrogens is 518 g/mol. The third kappa shape index (κ3) is 14.3. The van der Waals surface area contributed by atoms with Crippen LogP contribution in [0.15, 0.2) is 18.2 Å². The van der Waals surface area contributed by atoms with Crippen molar-refractivity contribution in [2.45, 2.75) is 99.6 Å². The maximum absolute atomic E-state index is 12.5. The van der Waals surface area contributed by atoms with Gasteiger partial charge in [0.2, 0.25) is 0 Å². The zero-order valence-electron chi connectivity index (χ0n) is 25.2. The number of rotatable bonds is 15. The Morgan fingerprint density at radius 1 is 0.850 bits per heavy atom. The number of carbonyl (C=O) groups excluding carboxylic acids is 4. The van der Waals surface area contributed by atoms with E-state index < -0.39 is 36.2 Å². The van der Waals surface area contributed by atoms with E-state index in [4.69, 9.17) is 29.4 Å². The summed E-state index contributed by atoms with van der Waals surface area (Å²) in [4.78, 5) is 49.2. The molecule has 0 aliphatic rings. The van der Waals surface area contributed by atoms with Crippen molar-refractivity contribution < 1.29 is 42.9 Å². The number of benzene rings is 1. The Morgan fingerprint density at radius 3 is 1.93 bits per heavy atom. The minimum absolute atomic E-state index is 0.0682. The third-order valence-corrected chi connectivity index (χ3v) is 6.02. The van der Waals surface area contributed by atoms with Crippen LogP contribution in [0.1, 0.15) is 86.6 Å². The zero-order chi connectivity index (χ0) is 30.5.